The van der Waals surface area contributed by atoms with Crippen molar-refractivity contribution in [2.24, 2.45) is 5.73 Å². The fourth-order valence-electron chi connectivity index (χ4n) is 1.37. The molecule has 0 saturated carbocycles. The molecule has 1 unspecified atom stereocenters. The molecule has 1 rings (SSSR count). The number of ether oxygens (including phenoxy) is 2. The number of amides is 1. The van der Waals surface area contributed by atoms with Gasteiger partial charge in [0.2, 0.25) is 0 Å². The first kappa shape index (κ1) is 12.3. The van der Waals surface area contributed by atoms with Crippen molar-refractivity contribution in [3.8, 4) is 5.75 Å². The smallest absolute Gasteiger partial charge is 0.404 e. The molecule has 88 valence electrons. The molecule has 16 heavy (non-hydrogen) atoms. The van der Waals surface area contributed by atoms with Gasteiger partial charge in [-0.05, 0) is 6.07 Å². The summed E-state index contributed by atoms with van der Waals surface area (Å²) in [5.41, 5.74) is 5.47. The van der Waals surface area contributed by atoms with Gasteiger partial charge in [-0.3, -0.25) is 0 Å². The van der Waals surface area contributed by atoms with E-state index in [1.54, 1.807) is 18.2 Å². The Kier molecular flexibility index (Phi) is 4.60. The highest BCUT2D eigenvalue weighted by atomic mass is 16.5. The Hall–Kier alpha value is -1.75. The Bertz CT molecular complexity index is 354. The van der Waals surface area contributed by atoms with E-state index in [0.717, 1.165) is 0 Å². The van der Waals surface area contributed by atoms with Gasteiger partial charge in [-0.2, -0.15) is 0 Å². The van der Waals surface area contributed by atoms with E-state index in [9.17, 15) is 9.90 Å². The third-order valence-corrected chi connectivity index (χ3v) is 2.13. The molecule has 0 aliphatic rings. The Morgan fingerprint density at radius 1 is 1.50 bits per heavy atom. The summed E-state index contributed by atoms with van der Waals surface area (Å²) in [5.74, 6) is 0.606. The predicted octanol–water partition coefficient (Wildman–Crippen LogP) is 1.21. The second-order valence-electron chi connectivity index (χ2n) is 3.21. The number of carbonyl (C=O) groups excluding carboxylic acids is 1. The fourth-order valence-corrected chi connectivity index (χ4v) is 1.37. The predicted molar refractivity (Wildman–Crippen MR) is 58.1 cm³/mol. The number of hydrogen-bond acceptors (Lipinski definition) is 4. The molecular weight excluding hydrogens is 210 g/mol. The summed E-state index contributed by atoms with van der Waals surface area (Å²) >= 11 is 0. The van der Waals surface area contributed by atoms with Gasteiger partial charge in [-0.15, -0.1) is 0 Å². The maximum Gasteiger partial charge on any atom is 0.404 e. The van der Waals surface area contributed by atoms with Crippen molar-refractivity contribution in [1.29, 1.82) is 0 Å². The van der Waals surface area contributed by atoms with Crippen LogP contribution in [0.2, 0.25) is 0 Å². The molecule has 0 spiro atoms. The molecule has 0 saturated heterocycles. The van der Waals surface area contributed by atoms with Gasteiger partial charge in [0, 0.05) is 12.0 Å². The lowest BCUT2D eigenvalue weighted by Crippen LogP contribution is -2.15. The highest BCUT2D eigenvalue weighted by Gasteiger charge is 2.12. The molecule has 0 fully saturated rings. The van der Waals surface area contributed by atoms with E-state index >= 15 is 0 Å². The minimum Gasteiger partial charge on any atom is -0.496 e. The van der Waals surface area contributed by atoms with E-state index in [1.165, 1.54) is 7.11 Å². The summed E-state index contributed by atoms with van der Waals surface area (Å²) in [6.45, 7) is 0.0779. The zero-order valence-electron chi connectivity index (χ0n) is 9.05. The van der Waals surface area contributed by atoms with E-state index in [2.05, 4.69) is 4.74 Å². The molecule has 0 aromatic heterocycles. The average molecular weight is 225 g/mol. The molecule has 0 aliphatic heterocycles. The first-order valence-electron chi connectivity index (χ1n) is 4.88. The quantitative estimate of drug-likeness (QED) is 0.789. The lowest BCUT2D eigenvalue weighted by Gasteiger charge is -2.14. The number of hydrogen-bond donors (Lipinski definition) is 2. The van der Waals surface area contributed by atoms with Crippen molar-refractivity contribution in [3.63, 3.8) is 0 Å². The van der Waals surface area contributed by atoms with Gasteiger partial charge in [-0.25, -0.2) is 4.79 Å². The van der Waals surface area contributed by atoms with E-state index in [4.69, 9.17) is 10.5 Å². The van der Waals surface area contributed by atoms with E-state index in [0.29, 0.717) is 11.3 Å². The first-order valence-corrected chi connectivity index (χ1v) is 4.88. The fraction of sp³-hybridized carbons (Fsp3) is 0.364. The van der Waals surface area contributed by atoms with Crippen LogP contribution >= 0.6 is 0 Å². The molecule has 0 radical (unpaired) electrons. The van der Waals surface area contributed by atoms with Crippen LogP contribution in [0, 0.1) is 0 Å². The lowest BCUT2D eigenvalue weighted by molar-refractivity contribution is 0.109. The highest BCUT2D eigenvalue weighted by Crippen LogP contribution is 2.26. The summed E-state index contributed by atoms with van der Waals surface area (Å²) in [6.07, 6.45) is -1.30. The number of benzene rings is 1. The van der Waals surface area contributed by atoms with Crippen LogP contribution in [0.5, 0.6) is 5.75 Å². The number of methoxy groups -OCH3 is 1. The number of primary amides is 1. The molecule has 5 heteroatoms. The molecule has 0 aliphatic carbocycles. The van der Waals surface area contributed by atoms with Crippen LogP contribution in [0.4, 0.5) is 4.79 Å². The number of para-hydroxylation sites is 1. The van der Waals surface area contributed by atoms with E-state index in [-0.39, 0.29) is 13.0 Å². The molecule has 1 amide bonds. The Morgan fingerprint density at radius 2 is 2.19 bits per heavy atom. The third kappa shape index (κ3) is 3.43. The molecule has 1 aromatic rings. The SMILES string of the molecule is COc1ccccc1C(O)CCOC(N)=O. The summed E-state index contributed by atoms with van der Waals surface area (Å²) in [6, 6.07) is 7.13. The zero-order valence-corrected chi connectivity index (χ0v) is 9.05. The summed E-state index contributed by atoms with van der Waals surface area (Å²) < 4.78 is 9.65. The van der Waals surface area contributed by atoms with Gasteiger partial charge in [0.1, 0.15) is 5.75 Å². The van der Waals surface area contributed by atoms with Crippen LogP contribution in [-0.2, 0) is 4.74 Å². The third-order valence-electron chi connectivity index (χ3n) is 2.13. The maximum atomic E-state index is 10.3. The molecular formula is C11H15NO4. The average Bonchev–Trinajstić information content (AvgIpc) is 2.28. The highest BCUT2D eigenvalue weighted by molar-refractivity contribution is 5.64. The minimum atomic E-state index is -0.841. The minimum absolute atomic E-state index is 0.0779. The Morgan fingerprint density at radius 3 is 2.81 bits per heavy atom. The van der Waals surface area contributed by atoms with Crippen LogP contribution in [0.3, 0.4) is 0 Å². The van der Waals surface area contributed by atoms with Gasteiger partial charge in [-0.1, -0.05) is 18.2 Å². The second-order valence-corrected chi connectivity index (χ2v) is 3.21. The van der Waals surface area contributed by atoms with Gasteiger partial charge >= 0.3 is 6.09 Å². The van der Waals surface area contributed by atoms with Crippen LogP contribution in [-0.4, -0.2) is 24.9 Å². The van der Waals surface area contributed by atoms with Crippen LogP contribution < -0.4 is 10.5 Å². The summed E-state index contributed by atoms with van der Waals surface area (Å²) in [7, 11) is 1.53. The number of rotatable bonds is 5. The van der Waals surface area contributed by atoms with Crippen molar-refractivity contribution in [3.05, 3.63) is 29.8 Å². The first-order chi connectivity index (χ1) is 7.65. The molecule has 0 heterocycles. The number of carbonyl (C=O) groups is 1. The molecule has 5 nitrogen and oxygen atoms in total. The number of aliphatic hydroxyl groups is 1. The van der Waals surface area contributed by atoms with Crippen molar-refractivity contribution in [2.45, 2.75) is 12.5 Å². The van der Waals surface area contributed by atoms with Crippen molar-refractivity contribution in [2.75, 3.05) is 13.7 Å². The van der Waals surface area contributed by atoms with Gasteiger partial charge < -0.3 is 20.3 Å². The number of aliphatic hydroxyl groups excluding tert-OH is 1. The maximum absolute atomic E-state index is 10.3. The van der Waals surface area contributed by atoms with Crippen LogP contribution in [0.25, 0.3) is 0 Å². The molecule has 1 aromatic carbocycles. The summed E-state index contributed by atoms with van der Waals surface area (Å²) in [5, 5.41) is 9.83. The van der Waals surface area contributed by atoms with Crippen LogP contribution in [0.1, 0.15) is 18.1 Å². The standard InChI is InChI=1S/C11H15NO4/c1-15-10-5-3-2-4-8(10)9(13)6-7-16-11(12)14/h2-5,9,13H,6-7H2,1H3,(H2,12,14). The molecule has 3 N–H and O–H groups in total. The zero-order chi connectivity index (χ0) is 12.0. The lowest BCUT2D eigenvalue weighted by atomic mass is 10.1. The van der Waals surface area contributed by atoms with Crippen molar-refractivity contribution >= 4 is 6.09 Å². The normalized spacial score (nSPS) is 11.9. The van der Waals surface area contributed by atoms with Crippen LogP contribution in [0.15, 0.2) is 24.3 Å². The molecule has 0 bridgehead atoms. The largest absolute Gasteiger partial charge is 0.496 e. The second kappa shape index (κ2) is 5.97. The van der Waals surface area contributed by atoms with Gasteiger partial charge in [0.25, 0.3) is 0 Å². The number of nitrogens with two attached hydrogens (primary N) is 1. The van der Waals surface area contributed by atoms with Gasteiger partial charge in [0.15, 0.2) is 0 Å². The van der Waals surface area contributed by atoms with Crippen molar-refractivity contribution < 1.29 is 19.4 Å². The van der Waals surface area contributed by atoms with E-state index in [1.807, 2.05) is 6.07 Å². The van der Waals surface area contributed by atoms with Gasteiger partial charge in [0.05, 0.1) is 19.8 Å². The summed E-state index contributed by atoms with van der Waals surface area (Å²) in [4.78, 5) is 10.3. The van der Waals surface area contributed by atoms with Crippen molar-refractivity contribution in [1.82, 2.24) is 0 Å². The van der Waals surface area contributed by atoms with E-state index < -0.39 is 12.2 Å². The Balaban J connectivity index is 2.58. The monoisotopic (exact) mass is 225 g/mol. The topological polar surface area (TPSA) is 81.8 Å². The molecule has 1 atom stereocenters. The Labute approximate surface area is 93.8 Å².